The zero-order chi connectivity index (χ0) is 38.9. The first-order valence-electron chi connectivity index (χ1n) is 10.5. The largest absolute Gasteiger partial charge is 0.481 e. The molecule has 0 bridgehead atoms. The summed E-state index contributed by atoms with van der Waals surface area (Å²) in [6, 6.07) is 0. The van der Waals surface area contributed by atoms with Crippen molar-refractivity contribution in [1.29, 1.82) is 0 Å². The van der Waals surface area contributed by atoms with Crippen LogP contribution in [0.15, 0.2) is 0 Å². The molecule has 0 spiro atoms. The standard InChI is InChI=1S/C17H9F25O4S/c18-6(19,2-4-47(45,46)3-1-5(43)44)7(20,21)8(22,23)9(24,25)10(26,27)11(28,29)12(30,31)13(32,33)14(34,35)15(36,37)16(38,39)17(40,41)42/h1-4H2,(H,43,44). The van der Waals surface area contributed by atoms with Crippen molar-refractivity contribution in [3.05, 3.63) is 0 Å². The van der Waals surface area contributed by atoms with Crippen LogP contribution in [0.5, 0.6) is 0 Å². The van der Waals surface area contributed by atoms with E-state index in [0.717, 1.165) is 0 Å². The fourth-order valence-electron chi connectivity index (χ4n) is 2.77. The van der Waals surface area contributed by atoms with E-state index in [9.17, 15) is 123 Å². The van der Waals surface area contributed by atoms with Crippen LogP contribution in [0, 0.1) is 0 Å². The minimum Gasteiger partial charge on any atom is -0.481 e. The fourth-order valence-corrected chi connectivity index (χ4v) is 4.03. The van der Waals surface area contributed by atoms with Gasteiger partial charge in [-0.2, -0.15) is 110 Å². The topological polar surface area (TPSA) is 71.4 Å². The molecule has 0 saturated carbocycles. The minimum atomic E-state index is -9.70. The van der Waals surface area contributed by atoms with Crippen LogP contribution in [0.1, 0.15) is 12.8 Å². The number of alkyl halides is 25. The molecule has 0 aromatic heterocycles. The molecule has 0 unspecified atom stereocenters. The zero-order valence-corrected chi connectivity index (χ0v) is 21.7. The lowest BCUT2D eigenvalue weighted by Gasteiger charge is -2.45. The van der Waals surface area contributed by atoms with Gasteiger partial charge in [-0.25, -0.2) is 8.42 Å². The van der Waals surface area contributed by atoms with Gasteiger partial charge < -0.3 is 5.11 Å². The van der Waals surface area contributed by atoms with Gasteiger partial charge in [0.15, 0.2) is 9.84 Å². The highest BCUT2D eigenvalue weighted by molar-refractivity contribution is 7.91. The van der Waals surface area contributed by atoms with Gasteiger partial charge in [-0.15, -0.1) is 0 Å². The number of aliphatic carboxylic acids is 1. The fraction of sp³-hybridized carbons (Fsp3) is 0.941. The lowest BCUT2D eigenvalue weighted by Crippen LogP contribution is -2.78. The third-order valence-electron chi connectivity index (χ3n) is 5.72. The molecule has 1 N–H and O–H groups in total. The van der Waals surface area contributed by atoms with Crippen LogP contribution in [0.4, 0.5) is 110 Å². The van der Waals surface area contributed by atoms with E-state index in [-0.39, 0.29) is 0 Å². The Labute approximate surface area is 240 Å². The average Bonchev–Trinajstić information content (AvgIpc) is 2.84. The Morgan fingerprint density at radius 3 is 0.872 bits per heavy atom. The number of halogens is 25. The summed E-state index contributed by atoms with van der Waals surface area (Å²) in [5.41, 5.74) is 0. The summed E-state index contributed by atoms with van der Waals surface area (Å²) < 4.78 is 357. The highest BCUT2D eigenvalue weighted by Crippen LogP contribution is 2.67. The lowest BCUT2D eigenvalue weighted by atomic mass is 9.84. The van der Waals surface area contributed by atoms with Gasteiger partial charge in [0, 0.05) is 6.42 Å². The Kier molecular flexibility index (Phi) is 11.1. The molecule has 4 nitrogen and oxygen atoms in total. The normalized spacial score (nSPS) is 16.4. The molecule has 0 fully saturated rings. The van der Waals surface area contributed by atoms with Crippen LogP contribution >= 0.6 is 0 Å². The molecule has 47 heavy (non-hydrogen) atoms. The molecular formula is C17H9F25O4S. The summed E-state index contributed by atoms with van der Waals surface area (Å²) >= 11 is 0. The summed E-state index contributed by atoms with van der Waals surface area (Å²) in [6.07, 6.45) is -13.2. The van der Waals surface area contributed by atoms with Crippen LogP contribution in [0.3, 0.4) is 0 Å². The quantitative estimate of drug-likeness (QED) is 0.162. The van der Waals surface area contributed by atoms with Crippen molar-refractivity contribution < 1.29 is 128 Å². The molecule has 0 rings (SSSR count). The van der Waals surface area contributed by atoms with Gasteiger partial charge >= 0.3 is 77.3 Å². The highest BCUT2D eigenvalue weighted by Gasteiger charge is 2.99. The molecule has 0 atom stereocenters. The molecule has 0 saturated heterocycles. The highest BCUT2D eigenvalue weighted by atomic mass is 32.2. The summed E-state index contributed by atoms with van der Waals surface area (Å²) in [7, 11) is -5.42. The molecule has 0 aromatic carbocycles. The second-order valence-electron chi connectivity index (χ2n) is 8.99. The summed E-state index contributed by atoms with van der Waals surface area (Å²) in [6.45, 7) is 0. The van der Waals surface area contributed by atoms with E-state index >= 15 is 0 Å². The van der Waals surface area contributed by atoms with E-state index in [1.54, 1.807) is 0 Å². The molecule has 0 aromatic rings. The first-order chi connectivity index (χ1) is 19.9. The molecule has 282 valence electrons. The van der Waals surface area contributed by atoms with Crippen molar-refractivity contribution in [1.82, 2.24) is 0 Å². The van der Waals surface area contributed by atoms with Crippen molar-refractivity contribution >= 4 is 15.8 Å². The first kappa shape index (κ1) is 44.7. The number of hydrogen-bond donors (Lipinski definition) is 1. The third kappa shape index (κ3) is 6.30. The van der Waals surface area contributed by atoms with E-state index in [4.69, 9.17) is 5.11 Å². The van der Waals surface area contributed by atoms with E-state index in [1.165, 1.54) is 0 Å². The number of carbonyl (C=O) groups is 1. The lowest BCUT2D eigenvalue weighted by molar-refractivity contribution is -0.482. The van der Waals surface area contributed by atoms with Gasteiger partial charge in [0.1, 0.15) is 0 Å². The smallest absolute Gasteiger partial charge is 0.460 e. The Bertz CT molecular complexity index is 1260. The SMILES string of the molecule is O=C(O)CCS(=O)(=O)CCC(F)(F)C(F)(F)C(F)(F)C(F)(F)C(F)(F)C(F)(F)C(F)(F)C(F)(F)C(F)(F)C(F)(F)C(F)(F)C(F)(F)F. The van der Waals surface area contributed by atoms with Gasteiger partial charge in [0.25, 0.3) is 0 Å². The third-order valence-corrected chi connectivity index (χ3v) is 7.37. The van der Waals surface area contributed by atoms with E-state index in [1.807, 2.05) is 0 Å². The molecule has 30 heteroatoms. The first-order valence-corrected chi connectivity index (χ1v) is 12.3. The maximum absolute atomic E-state index is 13.8. The maximum Gasteiger partial charge on any atom is 0.460 e. The average molecular weight is 784 g/mol. The molecule has 0 radical (unpaired) electrons. The molecule has 0 aliphatic heterocycles. The predicted octanol–water partition coefficient (Wildman–Crippen LogP) is 7.82. The molecule has 0 heterocycles. The van der Waals surface area contributed by atoms with Crippen molar-refractivity contribution in [3.63, 3.8) is 0 Å². The van der Waals surface area contributed by atoms with Crippen molar-refractivity contribution in [3.8, 4) is 0 Å². The van der Waals surface area contributed by atoms with Crippen molar-refractivity contribution in [2.24, 2.45) is 0 Å². The van der Waals surface area contributed by atoms with Gasteiger partial charge in [0.05, 0.1) is 17.9 Å². The van der Waals surface area contributed by atoms with E-state index in [2.05, 4.69) is 0 Å². The number of carboxylic acids is 1. The van der Waals surface area contributed by atoms with Gasteiger partial charge in [-0.3, -0.25) is 4.79 Å². The number of rotatable bonds is 16. The van der Waals surface area contributed by atoms with Crippen LogP contribution in [0.25, 0.3) is 0 Å². The Morgan fingerprint density at radius 2 is 0.638 bits per heavy atom. The summed E-state index contributed by atoms with van der Waals surface area (Å²) in [5.74, 6) is -107. The number of sulfone groups is 1. The van der Waals surface area contributed by atoms with Crippen LogP contribution < -0.4 is 0 Å². The predicted molar refractivity (Wildman–Crippen MR) is 96.0 cm³/mol. The van der Waals surface area contributed by atoms with Gasteiger partial charge in [-0.1, -0.05) is 0 Å². The number of hydrogen-bond acceptors (Lipinski definition) is 3. The van der Waals surface area contributed by atoms with Crippen LogP contribution in [-0.4, -0.2) is 102 Å². The summed E-state index contributed by atoms with van der Waals surface area (Å²) in [5, 5.41) is 8.23. The van der Waals surface area contributed by atoms with Crippen LogP contribution in [-0.2, 0) is 14.6 Å². The molecule has 0 aliphatic rings. The van der Waals surface area contributed by atoms with Gasteiger partial charge in [-0.05, 0) is 0 Å². The Hall–Kier alpha value is -2.33. The van der Waals surface area contributed by atoms with Crippen molar-refractivity contribution in [2.45, 2.75) is 84.2 Å². The molecule has 0 aliphatic carbocycles. The summed E-state index contributed by atoms with van der Waals surface area (Å²) in [4.78, 5) is 10.2. The Morgan fingerprint density at radius 1 is 0.404 bits per heavy atom. The minimum absolute atomic E-state index is 1.56. The number of carboxylic acid groups (broad SMARTS) is 1. The van der Waals surface area contributed by atoms with Crippen LogP contribution in [0.2, 0.25) is 0 Å². The monoisotopic (exact) mass is 784 g/mol. The zero-order valence-electron chi connectivity index (χ0n) is 20.9. The van der Waals surface area contributed by atoms with Crippen molar-refractivity contribution in [2.75, 3.05) is 11.5 Å². The van der Waals surface area contributed by atoms with Gasteiger partial charge in [0.2, 0.25) is 0 Å². The Balaban J connectivity index is 7.13. The molecule has 0 amide bonds. The van der Waals surface area contributed by atoms with E-state index < -0.39 is 111 Å². The second-order valence-corrected chi connectivity index (χ2v) is 11.3. The second kappa shape index (κ2) is 11.6. The maximum atomic E-state index is 13.8. The van der Waals surface area contributed by atoms with E-state index in [0.29, 0.717) is 0 Å². The molecular weight excluding hydrogens is 775 g/mol.